The van der Waals surface area contributed by atoms with Gasteiger partial charge in [0.25, 0.3) is 0 Å². The molecule has 0 saturated heterocycles. The van der Waals surface area contributed by atoms with E-state index in [4.69, 9.17) is 9.47 Å². The molecule has 5 nitrogen and oxygen atoms in total. The summed E-state index contributed by atoms with van der Waals surface area (Å²) in [6.07, 6.45) is 1.61. The van der Waals surface area contributed by atoms with Crippen LogP contribution in [0.1, 0.15) is 16.7 Å². The summed E-state index contributed by atoms with van der Waals surface area (Å²) in [5.74, 6) is 1.35. The van der Waals surface area contributed by atoms with Crippen molar-refractivity contribution >= 4 is 16.1 Å². The zero-order valence-corrected chi connectivity index (χ0v) is 15.1. The van der Waals surface area contributed by atoms with Crippen molar-refractivity contribution in [3.63, 3.8) is 0 Å². The summed E-state index contributed by atoms with van der Waals surface area (Å²) in [4.78, 5) is 0. The van der Waals surface area contributed by atoms with Crippen LogP contribution in [0.4, 0.5) is 0 Å². The van der Waals surface area contributed by atoms with Gasteiger partial charge in [-0.25, -0.2) is 8.42 Å². The third kappa shape index (κ3) is 4.41. The van der Waals surface area contributed by atoms with Gasteiger partial charge in [-0.15, -0.1) is 0 Å². The minimum atomic E-state index is -3.51. The predicted octanol–water partition coefficient (Wildman–Crippen LogP) is 3.20. The molecule has 0 bridgehead atoms. The molecule has 0 radical (unpaired) electrons. The van der Waals surface area contributed by atoms with Gasteiger partial charge in [-0.3, -0.25) is 0 Å². The van der Waals surface area contributed by atoms with Crippen LogP contribution in [0.2, 0.25) is 0 Å². The molecule has 0 fully saturated rings. The molecule has 25 heavy (non-hydrogen) atoms. The summed E-state index contributed by atoms with van der Waals surface area (Å²) in [6.45, 7) is 3.29. The second kappa shape index (κ2) is 7.29. The monoisotopic (exact) mass is 359 g/mol. The molecule has 0 unspecified atom stereocenters. The van der Waals surface area contributed by atoms with E-state index in [0.717, 1.165) is 16.7 Å². The van der Waals surface area contributed by atoms with E-state index in [1.54, 1.807) is 13.1 Å². The van der Waals surface area contributed by atoms with Gasteiger partial charge in [-0.2, -0.15) is 4.31 Å². The molecule has 0 atom stereocenters. The van der Waals surface area contributed by atoms with Crippen LogP contribution >= 0.6 is 0 Å². The zero-order valence-electron chi connectivity index (χ0n) is 14.3. The summed E-state index contributed by atoms with van der Waals surface area (Å²) < 4.78 is 37.2. The highest BCUT2D eigenvalue weighted by Crippen LogP contribution is 2.31. The van der Waals surface area contributed by atoms with Crippen molar-refractivity contribution < 1.29 is 17.9 Å². The van der Waals surface area contributed by atoms with Crippen LogP contribution in [-0.2, 0) is 16.6 Å². The fourth-order valence-electron chi connectivity index (χ4n) is 2.48. The summed E-state index contributed by atoms with van der Waals surface area (Å²) in [5.41, 5.74) is 2.83. The fourth-order valence-corrected chi connectivity index (χ4v) is 3.35. The third-order valence-corrected chi connectivity index (χ3v) is 5.43. The van der Waals surface area contributed by atoms with E-state index in [0.29, 0.717) is 24.7 Å². The van der Waals surface area contributed by atoms with Crippen LogP contribution in [0.15, 0.2) is 47.9 Å². The van der Waals surface area contributed by atoms with Crippen LogP contribution in [0.25, 0.3) is 6.08 Å². The van der Waals surface area contributed by atoms with E-state index < -0.39 is 10.0 Å². The Hall–Kier alpha value is -2.31. The van der Waals surface area contributed by atoms with E-state index >= 15 is 0 Å². The molecule has 1 aliphatic rings. The van der Waals surface area contributed by atoms with Crippen molar-refractivity contribution in [3.05, 3.63) is 64.6 Å². The first-order valence-corrected chi connectivity index (χ1v) is 9.54. The van der Waals surface area contributed by atoms with Crippen molar-refractivity contribution in [2.24, 2.45) is 0 Å². The number of benzene rings is 2. The maximum atomic E-state index is 12.4. The minimum absolute atomic E-state index is 0.261. The van der Waals surface area contributed by atoms with Gasteiger partial charge in [0.2, 0.25) is 10.0 Å². The van der Waals surface area contributed by atoms with Gasteiger partial charge in [0.15, 0.2) is 11.5 Å². The van der Waals surface area contributed by atoms with Gasteiger partial charge < -0.3 is 9.47 Å². The van der Waals surface area contributed by atoms with Crippen LogP contribution in [0, 0.1) is 6.92 Å². The van der Waals surface area contributed by atoms with Gasteiger partial charge in [0, 0.05) is 19.0 Å². The van der Waals surface area contributed by atoms with Gasteiger partial charge in [-0.1, -0.05) is 35.9 Å². The second-order valence-electron chi connectivity index (χ2n) is 5.99. The SMILES string of the molecule is Cc1ccc(/C=C/S(=O)(=O)N(C)Cc2ccc3c(c2)OCCO3)cc1. The molecule has 0 aromatic heterocycles. The van der Waals surface area contributed by atoms with Crippen molar-refractivity contribution in [1.82, 2.24) is 4.31 Å². The van der Waals surface area contributed by atoms with Crippen molar-refractivity contribution in [2.75, 3.05) is 20.3 Å². The van der Waals surface area contributed by atoms with Crippen molar-refractivity contribution in [1.29, 1.82) is 0 Å². The highest BCUT2D eigenvalue weighted by molar-refractivity contribution is 7.92. The lowest BCUT2D eigenvalue weighted by Gasteiger charge is -2.20. The second-order valence-corrected chi connectivity index (χ2v) is 7.92. The first-order chi connectivity index (χ1) is 11.9. The quantitative estimate of drug-likeness (QED) is 0.823. The van der Waals surface area contributed by atoms with E-state index in [1.807, 2.05) is 49.4 Å². The first kappa shape index (κ1) is 17.5. The van der Waals surface area contributed by atoms with E-state index in [-0.39, 0.29) is 6.54 Å². The van der Waals surface area contributed by atoms with Crippen LogP contribution in [0.5, 0.6) is 11.5 Å². The Labute approximate surface area is 148 Å². The molecule has 2 aromatic carbocycles. The molecule has 6 heteroatoms. The molecular formula is C19H21NO4S. The molecule has 0 saturated carbocycles. The molecule has 1 heterocycles. The molecule has 2 aromatic rings. The molecular weight excluding hydrogens is 338 g/mol. The Balaban J connectivity index is 1.71. The maximum Gasteiger partial charge on any atom is 0.236 e. The van der Waals surface area contributed by atoms with Gasteiger partial charge in [0.05, 0.1) is 0 Å². The standard InChI is InChI=1S/C19H21NO4S/c1-15-3-5-16(6-4-15)9-12-25(21,22)20(2)14-17-7-8-18-19(13-17)24-11-10-23-18/h3-9,12-13H,10-11,14H2,1-2H3/b12-9+. The average molecular weight is 359 g/mol. The Morgan fingerprint density at radius 1 is 1.04 bits per heavy atom. The van der Waals surface area contributed by atoms with Crippen LogP contribution < -0.4 is 9.47 Å². The number of rotatable bonds is 5. The van der Waals surface area contributed by atoms with Gasteiger partial charge >= 0.3 is 0 Å². The smallest absolute Gasteiger partial charge is 0.236 e. The number of ether oxygens (including phenoxy) is 2. The highest BCUT2D eigenvalue weighted by atomic mass is 32.2. The molecule has 0 amide bonds. The minimum Gasteiger partial charge on any atom is -0.486 e. The van der Waals surface area contributed by atoms with Gasteiger partial charge in [-0.05, 0) is 36.3 Å². The summed E-state index contributed by atoms with van der Waals surface area (Å²) in [6, 6.07) is 13.2. The van der Waals surface area contributed by atoms with Crippen LogP contribution in [-0.4, -0.2) is 33.0 Å². The highest BCUT2D eigenvalue weighted by Gasteiger charge is 2.17. The normalized spacial score (nSPS) is 14.2. The van der Waals surface area contributed by atoms with Crippen LogP contribution in [0.3, 0.4) is 0 Å². The average Bonchev–Trinajstić information content (AvgIpc) is 2.61. The summed E-state index contributed by atoms with van der Waals surface area (Å²) >= 11 is 0. The first-order valence-electron chi connectivity index (χ1n) is 8.04. The number of aryl methyl sites for hydroxylation is 1. The van der Waals surface area contributed by atoms with E-state index in [9.17, 15) is 8.42 Å². The largest absolute Gasteiger partial charge is 0.486 e. The summed E-state index contributed by atoms with van der Waals surface area (Å²) in [5, 5.41) is 1.23. The Bertz CT molecular complexity index is 873. The molecule has 0 spiro atoms. The predicted molar refractivity (Wildman–Crippen MR) is 98.0 cm³/mol. The lowest BCUT2D eigenvalue weighted by atomic mass is 10.2. The van der Waals surface area contributed by atoms with Gasteiger partial charge in [0.1, 0.15) is 13.2 Å². The van der Waals surface area contributed by atoms with Crippen molar-refractivity contribution in [2.45, 2.75) is 13.5 Å². The molecule has 3 rings (SSSR count). The number of nitrogens with zero attached hydrogens (tertiary/aromatic N) is 1. The Kier molecular flexibility index (Phi) is 5.11. The Morgan fingerprint density at radius 2 is 1.72 bits per heavy atom. The third-order valence-electron chi connectivity index (χ3n) is 3.96. The molecule has 0 aliphatic carbocycles. The lowest BCUT2D eigenvalue weighted by molar-refractivity contribution is 0.171. The number of hydrogen-bond acceptors (Lipinski definition) is 4. The number of fused-ring (bicyclic) bond motifs is 1. The number of hydrogen-bond donors (Lipinski definition) is 0. The molecule has 1 aliphatic heterocycles. The van der Waals surface area contributed by atoms with Crippen molar-refractivity contribution in [3.8, 4) is 11.5 Å². The summed E-state index contributed by atoms with van der Waals surface area (Å²) in [7, 11) is -1.95. The van der Waals surface area contributed by atoms with E-state index in [1.165, 1.54) is 9.71 Å². The zero-order chi connectivity index (χ0) is 17.9. The topological polar surface area (TPSA) is 55.8 Å². The number of sulfonamides is 1. The molecule has 132 valence electrons. The Morgan fingerprint density at radius 3 is 2.44 bits per heavy atom. The lowest BCUT2D eigenvalue weighted by Crippen LogP contribution is -2.24. The maximum absolute atomic E-state index is 12.4. The van der Waals surface area contributed by atoms with E-state index in [2.05, 4.69) is 0 Å². The molecule has 0 N–H and O–H groups in total. The fraction of sp³-hybridized carbons (Fsp3) is 0.263.